The normalized spacial score (nSPS) is 13.1. The number of benzene rings is 1. The number of ether oxygens (including phenoxy) is 1. The van der Waals surface area contributed by atoms with Gasteiger partial charge in [-0.15, -0.1) is 23.2 Å². The fourth-order valence-electron chi connectivity index (χ4n) is 1.33. The Morgan fingerprint density at radius 2 is 1.79 bits per heavy atom. The number of nitrogens with one attached hydrogen (secondary N) is 1. The zero-order valence-corrected chi connectivity index (χ0v) is 12.6. The van der Waals surface area contributed by atoms with Gasteiger partial charge >= 0.3 is 6.09 Å². The number of methoxy groups -OCH3 is 1. The molecule has 0 bridgehead atoms. The number of alkyl carbamates (subject to hydrolysis) is 1. The van der Waals surface area contributed by atoms with Crippen molar-refractivity contribution in [1.82, 2.24) is 5.32 Å². The molecule has 0 fully saturated rings. The van der Waals surface area contributed by atoms with Crippen molar-refractivity contribution < 1.29 is 17.9 Å². The molecule has 1 aromatic rings. The van der Waals surface area contributed by atoms with Crippen molar-refractivity contribution in [3.05, 3.63) is 29.8 Å². The van der Waals surface area contributed by atoms with Crippen LogP contribution in [0.15, 0.2) is 29.2 Å². The summed E-state index contributed by atoms with van der Waals surface area (Å²) in [5.41, 5.74) is 0.907. The Morgan fingerprint density at radius 3 is 2.21 bits per heavy atom. The summed E-state index contributed by atoms with van der Waals surface area (Å²) in [6.07, 6.45) is -0.924. The molecule has 0 saturated carbocycles. The molecular formula is C11H13Cl2NO4S. The minimum Gasteiger partial charge on any atom is -0.453 e. The van der Waals surface area contributed by atoms with E-state index in [0.29, 0.717) is 0 Å². The average molecular weight is 326 g/mol. The van der Waals surface area contributed by atoms with Gasteiger partial charge in [-0.25, -0.2) is 13.2 Å². The lowest BCUT2D eigenvalue weighted by atomic mass is 10.2. The highest BCUT2D eigenvalue weighted by Gasteiger charge is 2.34. The first-order chi connectivity index (χ1) is 8.78. The molecule has 0 aliphatic rings. The van der Waals surface area contributed by atoms with Crippen LogP contribution in [0.2, 0.25) is 0 Å². The molecule has 1 rings (SSSR count). The molecule has 19 heavy (non-hydrogen) atoms. The third kappa shape index (κ3) is 3.99. The van der Waals surface area contributed by atoms with E-state index in [2.05, 4.69) is 10.1 Å². The summed E-state index contributed by atoms with van der Waals surface area (Å²) < 4.78 is 28.9. The molecule has 5 nitrogen and oxygen atoms in total. The topological polar surface area (TPSA) is 72.5 Å². The van der Waals surface area contributed by atoms with Crippen LogP contribution in [0.25, 0.3) is 0 Å². The monoisotopic (exact) mass is 325 g/mol. The van der Waals surface area contributed by atoms with Crippen molar-refractivity contribution in [2.45, 2.75) is 22.0 Å². The van der Waals surface area contributed by atoms with E-state index in [9.17, 15) is 13.2 Å². The second-order valence-corrected chi connectivity index (χ2v) is 6.98. The number of carbonyl (C=O) groups is 1. The van der Waals surface area contributed by atoms with Gasteiger partial charge in [0.2, 0.25) is 9.84 Å². The molecule has 0 radical (unpaired) electrons. The molecular weight excluding hydrogens is 313 g/mol. The Labute approximate surface area is 121 Å². The largest absolute Gasteiger partial charge is 0.453 e. The summed E-state index contributed by atoms with van der Waals surface area (Å²) in [6.45, 7) is 1.83. The molecule has 0 saturated heterocycles. The highest BCUT2D eigenvalue weighted by atomic mass is 35.5. The summed E-state index contributed by atoms with van der Waals surface area (Å²) in [6, 6.07) is 6.12. The number of alkyl halides is 2. The van der Waals surface area contributed by atoms with Gasteiger partial charge in [-0.2, -0.15) is 0 Å². The summed E-state index contributed by atoms with van der Waals surface area (Å²) in [7, 11) is -2.78. The molecule has 1 atom stereocenters. The van der Waals surface area contributed by atoms with Gasteiger partial charge in [0.05, 0.1) is 12.0 Å². The molecule has 8 heteroatoms. The number of aryl methyl sites for hydroxylation is 1. The van der Waals surface area contributed by atoms with Gasteiger partial charge < -0.3 is 10.1 Å². The molecule has 0 spiro atoms. The number of sulfone groups is 1. The molecule has 0 heterocycles. The van der Waals surface area contributed by atoms with Crippen molar-refractivity contribution in [3.63, 3.8) is 0 Å². The van der Waals surface area contributed by atoms with Crippen LogP contribution in [0, 0.1) is 6.92 Å². The summed E-state index contributed by atoms with van der Waals surface area (Å²) in [5, 5.41) is 0.626. The minimum absolute atomic E-state index is 0.0193. The summed E-state index contributed by atoms with van der Waals surface area (Å²) in [4.78, 5) is 9.83. The zero-order valence-electron chi connectivity index (χ0n) is 10.3. The first-order valence-electron chi connectivity index (χ1n) is 5.22. The minimum atomic E-state index is -3.90. The molecule has 1 amide bonds. The second-order valence-electron chi connectivity index (χ2n) is 3.75. The second kappa shape index (κ2) is 6.45. The van der Waals surface area contributed by atoms with E-state index >= 15 is 0 Å². The van der Waals surface area contributed by atoms with Crippen molar-refractivity contribution in [2.75, 3.05) is 7.11 Å². The van der Waals surface area contributed by atoms with Crippen LogP contribution in [0.1, 0.15) is 5.56 Å². The molecule has 0 unspecified atom stereocenters. The van der Waals surface area contributed by atoms with Crippen molar-refractivity contribution in [2.24, 2.45) is 0 Å². The van der Waals surface area contributed by atoms with Crippen LogP contribution in [-0.4, -0.2) is 31.8 Å². The van der Waals surface area contributed by atoms with Gasteiger partial charge in [0.15, 0.2) is 5.37 Å². The fraction of sp³-hybridized carbons (Fsp3) is 0.364. The van der Waals surface area contributed by atoms with Crippen molar-refractivity contribution >= 4 is 39.1 Å². The van der Waals surface area contributed by atoms with Crippen molar-refractivity contribution in [1.29, 1.82) is 0 Å². The summed E-state index contributed by atoms with van der Waals surface area (Å²) >= 11 is 11.3. The maximum atomic E-state index is 12.3. The van der Waals surface area contributed by atoms with Crippen LogP contribution in [0.3, 0.4) is 0 Å². The van der Waals surface area contributed by atoms with Crippen LogP contribution < -0.4 is 5.32 Å². The number of halogens is 2. The lowest BCUT2D eigenvalue weighted by Crippen LogP contribution is -2.44. The van der Waals surface area contributed by atoms with Crippen LogP contribution in [0.5, 0.6) is 0 Å². The third-order valence-electron chi connectivity index (χ3n) is 2.36. The van der Waals surface area contributed by atoms with Crippen LogP contribution >= 0.6 is 23.2 Å². The summed E-state index contributed by atoms with van der Waals surface area (Å²) in [5.74, 6) is 0. The standard InChI is InChI=1S/C11H13Cl2NO4S/c1-7-3-5-8(6-4-7)19(16,17)10(9(12)13)14-11(15)18-2/h3-6,9-10H,1-2H3,(H,14,15)/t10-/m1/s1. The van der Waals surface area contributed by atoms with Crippen LogP contribution in [0.4, 0.5) is 4.79 Å². The van der Waals surface area contributed by atoms with E-state index in [4.69, 9.17) is 23.2 Å². The number of rotatable bonds is 4. The molecule has 1 N–H and O–H groups in total. The van der Waals surface area contributed by atoms with Gasteiger partial charge in [-0.3, -0.25) is 0 Å². The fourth-order valence-corrected chi connectivity index (χ4v) is 3.60. The smallest absolute Gasteiger partial charge is 0.407 e. The van der Waals surface area contributed by atoms with Crippen molar-refractivity contribution in [3.8, 4) is 0 Å². The Balaban J connectivity index is 3.13. The predicted molar refractivity (Wildman–Crippen MR) is 73.2 cm³/mol. The number of carbonyl (C=O) groups excluding carboxylic acids is 1. The molecule has 0 aliphatic carbocycles. The van der Waals surface area contributed by atoms with Gasteiger partial charge in [-0.1, -0.05) is 17.7 Å². The predicted octanol–water partition coefficient (Wildman–Crippen LogP) is 2.25. The number of hydrogen-bond acceptors (Lipinski definition) is 4. The van der Waals surface area contributed by atoms with E-state index in [-0.39, 0.29) is 4.90 Å². The Kier molecular flexibility index (Phi) is 5.46. The first kappa shape index (κ1) is 16.1. The zero-order chi connectivity index (χ0) is 14.6. The Morgan fingerprint density at radius 1 is 1.26 bits per heavy atom. The highest BCUT2D eigenvalue weighted by Crippen LogP contribution is 2.22. The first-order valence-corrected chi connectivity index (χ1v) is 7.64. The maximum Gasteiger partial charge on any atom is 0.407 e. The van der Waals surface area contributed by atoms with Gasteiger partial charge in [-0.05, 0) is 19.1 Å². The maximum absolute atomic E-state index is 12.3. The van der Waals surface area contributed by atoms with E-state index in [1.807, 2.05) is 6.92 Å². The molecule has 0 aromatic heterocycles. The molecule has 1 aromatic carbocycles. The van der Waals surface area contributed by atoms with Gasteiger partial charge in [0.1, 0.15) is 4.84 Å². The van der Waals surface area contributed by atoms with E-state index in [0.717, 1.165) is 12.7 Å². The Bertz CT molecular complexity index is 542. The molecule has 106 valence electrons. The highest BCUT2D eigenvalue weighted by molar-refractivity contribution is 7.92. The average Bonchev–Trinajstić information content (AvgIpc) is 2.35. The lowest BCUT2D eigenvalue weighted by Gasteiger charge is -2.19. The SMILES string of the molecule is COC(=O)N[C@@H](C(Cl)Cl)S(=O)(=O)c1ccc(C)cc1. The number of hydrogen-bond donors (Lipinski definition) is 1. The van der Waals surface area contributed by atoms with E-state index < -0.39 is 26.1 Å². The van der Waals surface area contributed by atoms with Gasteiger partial charge in [0.25, 0.3) is 0 Å². The van der Waals surface area contributed by atoms with Crippen LogP contribution in [-0.2, 0) is 14.6 Å². The number of amides is 1. The van der Waals surface area contributed by atoms with E-state index in [1.54, 1.807) is 12.1 Å². The van der Waals surface area contributed by atoms with E-state index in [1.165, 1.54) is 12.1 Å². The Hall–Kier alpha value is -0.980. The lowest BCUT2D eigenvalue weighted by molar-refractivity contribution is 0.170. The van der Waals surface area contributed by atoms with Gasteiger partial charge in [0, 0.05) is 0 Å². The quantitative estimate of drug-likeness (QED) is 0.862. The molecule has 0 aliphatic heterocycles. The third-order valence-corrected chi connectivity index (χ3v) is 5.15.